The van der Waals surface area contributed by atoms with Crippen molar-refractivity contribution < 1.29 is 9.53 Å². The van der Waals surface area contributed by atoms with Gasteiger partial charge in [-0.25, -0.2) is 4.79 Å². The number of esters is 1. The summed E-state index contributed by atoms with van der Waals surface area (Å²) in [5.74, 6) is 0.357. The Morgan fingerprint density at radius 3 is 2.39 bits per heavy atom. The lowest BCUT2D eigenvalue weighted by Crippen LogP contribution is -1.92. The van der Waals surface area contributed by atoms with Gasteiger partial charge in [0.1, 0.15) is 5.76 Å². The first kappa shape index (κ1) is 10.8. The quantitative estimate of drug-likeness (QED) is 0.706. The molecule has 0 bridgehead atoms. The van der Waals surface area contributed by atoms with E-state index in [1.807, 2.05) is 55.5 Å². The van der Waals surface area contributed by atoms with Crippen molar-refractivity contribution in [3.63, 3.8) is 0 Å². The molecule has 0 saturated heterocycles. The molecule has 1 heterocycles. The topological polar surface area (TPSA) is 26.3 Å². The molecule has 0 saturated carbocycles. The van der Waals surface area contributed by atoms with Crippen LogP contribution < -0.4 is 0 Å². The van der Waals surface area contributed by atoms with Gasteiger partial charge in [-0.1, -0.05) is 42.5 Å². The van der Waals surface area contributed by atoms with Crippen LogP contribution in [0.15, 0.2) is 48.5 Å². The van der Waals surface area contributed by atoms with E-state index in [0.717, 1.165) is 16.7 Å². The number of benzene rings is 2. The van der Waals surface area contributed by atoms with Crippen molar-refractivity contribution in [2.45, 2.75) is 6.92 Å². The average Bonchev–Trinajstić information content (AvgIpc) is 2.70. The molecule has 0 aromatic heterocycles. The lowest BCUT2D eigenvalue weighted by atomic mass is 10.0. The third kappa shape index (κ3) is 1.72. The first-order chi connectivity index (χ1) is 8.75. The van der Waals surface area contributed by atoms with Gasteiger partial charge in [0.2, 0.25) is 0 Å². The summed E-state index contributed by atoms with van der Waals surface area (Å²) in [5.41, 5.74) is 3.73. The molecule has 0 aliphatic carbocycles. The van der Waals surface area contributed by atoms with Crippen LogP contribution in [0, 0.1) is 6.92 Å². The average molecular weight is 236 g/mol. The van der Waals surface area contributed by atoms with Crippen LogP contribution in [-0.2, 0) is 4.74 Å². The standard InChI is InChI=1S/C16H12O2/c1-11-6-2-3-7-12(11)10-15-13-8-4-5-9-14(13)16(17)18-15/h2-10H,1H3/b15-10+. The zero-order valence-electron chi connectivity index (χ0n) is 10.0. The Hall–Kier alpha value is -2.35. The van der Waals surface area contributed by atoms with Crippen LogP contribution in [0.2, 0.25) is 0 Å². The first-order valence-electron chi connectivity index (χ1n) is 5.84. The van der Waals surface area contributed by atoms with Gasteiger partial charge in [0.25, 0.3) is 0 Å². The number of cyclic esters (lactones) is 1. The van der Waals surface area contributed by atoms with Gasteiger partial charge in [-0.2, -0.15) is 0 Å². The van der Waals surface area contributed by atoms with Crippen LogP contribution in [0.5, 0.6) is 0 Å². The Labute approximate surface area is 106 Å². The Morgan fingerprint density at radius 2 is 1.61 bits per heavy atom. The summed E-state index contributed by atoms with van der Waals surface area (Å²) < 4.78 is 5.31. The van der Waals surface area contributed by atoms with Crippen LogP contribution in [0.4, 0.5) is 0 Å². The van der Waals surface area contributed by atoms with Gasteiger partial charge in [0.05, 0.1) is 5.56 Å². The normalized spacial score (nSPS) is 15.6. The van der Waals surface area contributed by atoms with Gasteiger partial charge in [-0.05, 0) is 30.2 Å². The number of rotatable bonds is 1. The molecule has 0 spiro atoms. The second kappa shape index (κ2) is 4.15. The zero-order chi connectivity index (χ0) is 12.5. The van der Waals surface area contributed by atoms with Crippen LogP contribution >= 0.6 is 0 Å². The lowest BCUT2D eigenvalue weighted by Gasteiger charge is -2.02. The highest BCUT2D eigenvalue weighted by Gasteiger charge is 2.25. The monoisotopic (exact) mass is 236 g/mol. The van der Waals surface area contributed by atoms with Crippen LogP contribution in [-0.4, -0.2) is 5.97 Å². The highest BCUT2D eigenvalue weighted by Crippen LogP contribution is 2.31. The fourth-order valence-electron chi connectivity index (χ4n) is 2.08. The molecular weight excluding hydrogens is 224 g/mol. The summed E-state index contributed by atoms with van der Waals surface area (Å²) in [6.45, 7) is 2.04. The maximum atomic E-state index is 11.7. The minimum atomic E-state index is -0.273. The maximum Gasteiger partial charge on any atom is 0.344 e. The van der Waals surface area contributed by atoms with Crippen molar-refractivity contribution in [1.29, 1.82) is 0 Å². The molecule has 18 heavy (non-hydrogen) atoms. The number of carbonyl (C=O) groups excluding carboxylic acids is 1. The predicted molar refractivity (Wildman–Crippen MR) is 70.9 cm³/mol. The van der Waals surface area contributed by atoms with Crippen molar-refractivity contribution in [2.24, 2.45) is 0 Å². The highest BCUT2D eigenvalue weighted by atomic mass is 16.5. The van der Waals surface area contributed by atoms with Crippen molar-refractivity contribution in [3.8, 4) is 0 Å². The Kier molecular flexibility index (Phi) is 2.49. The second-order valence-corrected chi connectivity index (χ2v) is 4.30. The van der Waals surface area contributed by atoms with E-state index in [4.69, 9.17) is 4.74 Å². The molecular formula is C16H12O2. The Bertz CT molecular complexity index is 654. The zero-order valence-corrected chi connectivity index (χ0v) is 10.0. The molecule has 0 atom stereocenters. The molecule has 2 heteroatoms. The summed E-state index contributed by atoms with van der Waals surface area (Å²) in [4.78, 5) is 11.7. The highest BCUT2D eigenvalue weighted by molar-refractivity contribution is 6.05. The SMILES string of the molecule is Cc1ccccc1/C=C1/OC(=O)c2ccccc21. The number of hydrogen-bond acceptors (Lipinski definition) is 2. The summed E-state index contributed by atoms with van der Waals surface area (Å²) >= 11 is 0. The van der Waals surface area contributed by atoms with Crippen molar-refractivity contribution >= 4 is 17.8 Å². The predicted octanol–water partition coefficient (Wildman–Crippen LogP) is 3.66. The smallest absolute Gasteiger partial charge is 0.344 e. The number of aryl methyl sites for hydroxylation is 1. The van der Waals surface area contributed by atoms with E-state index in [1.54, 1.807) is 6.07 Å². The van der Waals surface area contributed by atoms with E-state index in [2.05, 4.69) is 0 Å². The number of fused-ring (bicyclic) bond motifs is 1. The molecule has 0 fully saturated rings. The minimum Gasteiger partial charge on any atom is -0.422 e. The van der Waals surface area contributed by atoms with Crippen LogP contribution in [0.1, 0.15) is 27.0 Å². The second-order valence-electron chi connectivity index (χ2n) is 4.30. The number of ether oxygens (including phenoxy) is 1. The van der Waals surface area contributed by atoms with E-state index in [-0.39, 0.29) is 5.97 Å². The van der Waals surface area contributed by atoms with Gasteiger partial charge in [-0.15, -0.1) is 0 Å². The summed E-state index contributed by atoms with van der Waals surface area (Å²) in [6, 6.07) is 15.5. The van der Waals surface area contributed by atoms with Gasteiger partial charge in [-0.3, -0.25) is 0 Å². The molecule has 0 radical (unpaired) electrons. The molecule has 2 aromatic rings. The molecule has 2 nitrogen and oxygen atoms in total. The number of hydrogen-bond donors (Lipinski definition) is 0. The van der Waals surface area contributed by atoms with Crippen molar-refractivity contribution in [1.82, 2.24) is 0 Å². The van der Waals surface area contributed by atoms with Gasteiger partial charge in [0, 0.05) is 5.56 Å². The largest absolute Gasteiger partial charge is 0.422 e. The summed E-state index contributed by atoms with van der Waals surface area (Å²) in [5, 5.41) is 0. The Balaban J connectivity index is 2.11. The molecule has 0 amide bonds. The summed E-state index contributed by atoms with van der Waals surface area (Å²) in [6.07, 6.45) is 1.92. The first-order valence-corrected chi connectivity index (χ1v) is 5.84. The van der Waals surface area contributed by atoms with E-state index in [1.165, 1.54) is 0 Å². The molecule has 2 aromatic carbocycles. The lowest BCUT2D eigenvalue weighted by molar-refractivity contribution is 0.0717. The van der Waals surface area contributed by atoms with Gasteiger partial charge in [0.15, 0.2) is 0 Å². The molecule has 0 N–H and O–H groups in total. The molecule has 88 valence electrons. The molecule has 3 rings (SSSR count). The Morgan fingerprint density at radius 1 is 0.944 bits per heavy atom. The summed E-state index contributed by atoms with van der Waals surface area (Å²) in [7, 11) is 0. The number of carbonyl (C=O) groups is 1. The molecule has 1 aliphatic heterocycles. The third-order valence-electron chi connectivity index (χ3n) is 3.09. The minimum absolute atomic E-state index is 0.273. The third-order valence-corrected chi connectivity index (χ3v) is 3.09. The fraction of sp³-hybridized carbons (Fsp3) is 0.0625. The molecule has 0 unspecified atom stereocenters. The van der Waals surface area contributed by atoms with Crippen molar-refractivity contribution in [2.75, 3.05) is 0 Å². The van der Waals surface area contributed by atoms with Gasteiger partial charge >= 0.3 is 5.97 Å². The van der Waals surface area contributed by atoms with E-state index >= 15 is 0 Å². The van der Waals surface area contributed by atoms with E-state index < -0.39 is 0 Å². The maximum absolute atomic E-state index is 11.7. The van der Waals surface area contributed by atoms with E-state index in [0.29, 0.717) is 11.3 Å². The van der Waals surface area contributed by atoms with Crippen molar-refractivity contribution in [3.05, 3.63) is 70.8 Å². The fourth-order valence-corrected chi connectivity index (χ4v) is 2.08. The molecule has 1 aliphatic rings. The van der Waals surface area contributed by atoms with Gasteiger partial charge < -0.3 is 4.74 Å². The van der Waals surface area contributed by atoms with Crippen LogP contribution in [0.25, 0.3) is 11.8 Å². The van der Waals surface area contributed by atoms with Crippen LogP contribution in [0.3, 0.4) is 0 Å². The van der Waals surface area contributed by atoms with E-state index in [9.17, 15) is 4.79 Å².